The summed E-state index contributed by atoms with van der Waals surface area (Å²) in [4.78, 5) is 4.35. The largest absolute Gasteiger partial charge is 0.496 e. The summed E-state index contributed by atoms with van der Waals surface area (Å²) in [5.41, 5.74) is -3.23. The first-order valence-corrected chi connectivity index (χ1v) is 10.8. The molecule has 1 aromatic heterocycles. The second-order valence-electron chi connectivity index (χ2n) is 8.74. The summed E-state index contributed by atoms with van der Waals surface area (Å²) in [6.07, 6.45) is -5.68. The third kappa shape index (κ3) is 5.35. The van der Waals surface area contributed by atoms with Gasteiger partial charge in [-0.25, -0.2) is 9.37 Å². The zero-order valence-electron chi connectivity index (χ0n) is 19.5. The van der Waals surface area contributed by atoms with E-state index in [0.29, 0.717) is 29.1 Å². The summed E-state index contributed by atoms with van der Waals surface area (Å²) in [7, 11) is 1.36. The standard InChI is InChI=1S/C25H28F4N2O3/c1-5-34-22-12-10-17-19(7-6-8-20(17)31-22)30-15-24(32,25(27,28)29)14-23(2,3)18-13-16(26)9-11-21(18)33-4/h6-13,30,32H,5,14-15H2,1-4H3. The number of alkyl halides is 3. The predicted octanol–water partition coefficient (Wildman–Crippen LogP) is 5.85. The Labute approximate surface area is 195 Å². The quantitative estimate of drug-likeness (QED) is 0.376. The molecule has 3 rings (SSSR count). The van der Waals surface area contributed by atoms with Gasteiger partial charge >= 0.3 is 6.18 Å². The number of methoxy groups -OCH3 is 1. The van der Waals surface area contributed by atoms with Crippen molar-refractivity contribution in [3.8, 4) is 11.6 Å². The molecule has 1 heterocycles. The second-order valence-corrected chi connectivity index (χ2v) is 8.74. The monoisotopic (exact) mass is 480 g/mol. The van der Waals surface area contributed by atoms with Crippen molar-refractivity contribution in [3.05, 3.63) is 59.9 Å². The van der Waals surface area contributed by atoms with Crippen molar-refractivity contribution in [1.82, 2.24) is 4.98 Å². The highest BCUT2D eigenvalue weighted by Gasteiger charge is 2.56. The maximum absolute atomic E-state index is 14.1. The van der Waals surface area contributed by atoms with E-state index in [1.807, 2.05) is 6.92 Å². The van der Waals surface area contributed by atoms with Crippen molar-refractivity contribution >= 4 is 16.6 Å². The topological polar surface area (TPSA) is 63.6 Å². The number of hydrogen-bond acceptors (Lipinski definition) is 5. The number of ether oxygens (including phenoxy) is 2. The third-order valence-electron chi connectivity index (χ3n) is 5.72. The minimum absolute atomic E-state index is 0.232. The number of halogens is 4. The maximum atomic E-state index is 14.1. The minimum atomic E-state index is -4.96. The van der Waals surface area contributed by atoms with Gasteiger partial charge in [0, 0.05) is 22.7 Å². The summed E-state index contributed by atoms with van der Waals surface area (Å²) >= 11 is 0. The van der Waals surface area contributed by atoms with Crippen LogP contribution in [0, 0.1) is 5.82 Å². The first-order valence-electron chi connectivity index (χ1n) is 10.8. The lowest BCUT2D eigenvalue weighted by Gasteiger charge is -2.38. The van der Waals surface area contributed by atoms with Crippen LogP contribution in [-0.2, 0) is 5.41 Å². The lowest BCUT2D eigenvalue weighted by molar-refractivity contribution is -0.260. The molecule has 34 heavy (non-hydrogen) atoms. The molecule has 5 nitrogen and oxygen atoms in total. The first-order chi connectivity index (χ1) is 15.9. The number of anilines is 1. The van der Waals surface area contributed by atoms with Gasteiger partial charge in [0.25, 0.3) is 0 Å². The second kappa shape index (κ2) is 9.66. The number of fused-ring (bicyclic) bond motifs is 1. The van der Waals surface area contributed by atoms with Crippen LogP contribution in [0.1, 0.15) is 32.8 Å². The molecule has 2 N–H and O–H groups in total. The molecule has 0 fully saturated rings. The minimum Gasteiger partial charge on any atom is -0.496 e. The zero-order chi connectivity index (χ0) is 25.1. The van der Waals surface area contributed by atoms with Crippen LogP contribution in [0.15, 0.2) is 48.5 Å². The van der Waals surface area contributed by atoms with E-state index in [4.69, 9.17) is 9.47 Å². The van der Waals surface area contributed by atoms with E-state index < -0.39 is 36.0 Å². The molecule has 0 bridgehead atoms. The van der Waals surface area contributed by atoms with Gasteiger partial charge in [-0.15, -0.1) is 0 Å². The van der Waals surface area contributed by atoms with Gasteiger partial charge in [0.15, 0.2) is 5.60 Å². The van der Waals surface area contributed by atoms with Crippen LogP contribution in [0.2, 0.25) is 0 Å². The Morgan fingerprint density at radius 3 is 2.44 bits per heavy atom. The zero-order valence-corrected chi connectivity index (χ0v) is 19.5. The molecular weight excluding hydrogens is 452 g/mol. The van der Waals surface area contributed by atoms with Crippen LogP contribution >= 0.6 is 0 Å². The predicted molar refractivity (Wildman–Crippen MR) is 123 cm³/mol. The Hall–Kier alpha value is -3.07. The number of aliphatic hydroxyl groups is 1. The van der Waals surface area contributed by atoms with Gasteiger partial charge in [0.05, 0.1) is 25.8 Å². The molecule has 0 amide bonds. The van der Waals surface area contributed by atoms with Crippen molar-refractivity contribution in [1.29, 1.82) is 0 Å². The lowest BCUT2D eigenvalue weighted by Crippen LogP contribution is -2.53. The Bertz CT molecular complexity index is 1150. The molecule has 0 radical (unpaired) electrons. The molecule has 2 aromatic carbocycles. The van der Waals surface area contributed by atoms with Crippen molar-refractivity contribution in [3.63, 3.8) is 0 Å². The molecular formula is C25H28F4N2O3. The van der Waals surface area contributed by atoms with Crippen LogP contribution < -0.4 is 14.8 Å². The van der Waals surface area contributed by atoms with E-state index in [1.165, 1.54) is 33.1 Å². The van der Waals surface area contributed by atoms with Crippen molar-refractivity contribution in [2.24, 2.45) is 0 Å². The van der Waals surface area contributed by atoms with Crippen LogP contribution in [0.4, 0.5) is 23.2 Å². The number of hydrogen-bond donors (Lipinski definition) is 2. The summed E-state index contributed by atoms with van der Waals surface area (Å²) in [5.74, 6) is 0.0473. The first kappa shape index (κ1) is 25.6. The van der Waals surface area contributed by atoms with E-state index in [2.05, 4.69) is 10.3 Å². The highest BCUT2D eigenvalue weighted by Crippen LogP contribution is 2.44. The third-order valence-corrected chi connectivity index (χ3v) is 5.72. The van der Waals surface area contributed by atoms with Crippen molar-refractivity contribution in [2.75, 3.05) is 25.6 Å². The van der Waals surface area contributed by atoms with Gasteiger partial charge in [-0.1, -0.05) is 19.9 Å². The molecule has 1 atom stereocenters. The Balaban J connectivity index is 1.92. The van der Waals surface area contributed by atoms with E-state index >= 15 is 0 Å². The number of nitrogens with zero attached hydrogens (tertiary/aromatic N) is 1. The van der Waals surface area contributed by atoms with Gasteiger partial charge in [-0.2, -0.15) is 13.2 Å². The molecule has 0 aliphatic carbocycles. The van der Waals surface area contributed by atoms with E-state index in [9.17, 15) is 22.7 Å². The summed E-state index contributed by atoms with van der Waals surface area (Å²) in [5, 5.41) is 14.2. The normalized spacial score (nSPS) is 14.0. The number of pyridine rings is 1. The molecule has 0 saturated carbocycles. The molecule has 9 heteroatoms. The number of nitrogens with one attached hydrogen (secondary N) is 1. The number of aromatic nitrogens is 1. The van der Waals surface area contributed by atoms with E-state index in [-0.39, 0.29) is 11.3 Å². The Kier molecular flexibility index (Phi) is 7.26. The molecule has 0 spiro atoms. The average molecular weight is 481 g/mol. The molecule has 0 saturated heterocycles. The fraction of sp³-hybridized carbons (Fsp3) is 0.400. The average Bonchev–Trinajstić information content (AvgIpc) is 2.76. The van der Waals surface area contributed by atoms with Crippen LogP contribution in [0.5, 0.6) is 11.6 Å². The molecule has 184 valence electrons. The van der Waals surface area contributed by atoms with Crippen LogP contribution in [0.3, 0.4) is 0 Å². The summed E-state index contributed by atoms with van der Waals surface area (Å²) in [6, 6.07) is 12.0. The molecule has 0 aliphatic rings. The molecule has 1 unspecified atom stereocenters. The van der Waals surface area contributed by atoms with E-state index in [1.54, 1.807) is 30.3 Å². The van der Waals surface area contributed by atoms with Crippen LogP contribution in [0.25, 0.3) is 10.9 Å². The fourth-order valence-corrected chi connectivity index (χ4v) is 4.06. The van der Waals surface area contributed by atoms with Gasteiger partial charge < -0.3 is 19.9 Å². The maximum Gasteiger partial charge on any atom is 0.418 e. The Morgan fingerprint density at radius 1 is 1.06 bits per heavy atom. The fourth-order valence-electron chi connectivity index (χ4n) is 4.06. The van der Waals surface area contributed by atoms with Gasteiger partial charge in [0.1, 0.15) is 11.6 Å². The lowest BCUT2D eigenvalue weighted by atomic mass is 9.74. The van der Waals surface area contributed by atoms with Crippen molar-refractivity contribution in [2.45, 2.75) is 44.4 Å². The van der Waals surface area contributed by atoms with Gasteiger partial charge in [-0.05, 0) is 55.2 Å². The Morgan fingerprint density at radius 2 is 1.79 bits per heavy atom. The molecule has 3 aromatic rings. The highest BCUT2D eigenvalue weighted by atomic mass is 19.4. The number of benzene rings is 2. The molecule has 0 aliphatic heterocycles. The highest BCUT2D eigenvalue weighted by molar-refractivity contribution is 5.91. The SMILES string of the molecule is CCOc1ccc2c(NCC(O)(CC(C)(C)c3cc(F)ccc3OC)C(F)(F)F)cccc2n1. The van der Waals surface area contributed by atoms with Gasteiger partial charge in [0.2, 0.25) is 5.88 Å². The van der Waals surface area contributed by atoms with Crippen molar-refractivity contribution < 1.29 is 32.1 Å². The van der Waals surface area contributed by atoms with Gasteiger partial charge in [-0.3, -0.25) is 0 Å². The summed E-state index contributed by atoms with van der Waals surface area (Å²) < 4.78 is 66.9. The number of rotatable bonds is 9. The van der Waals surface area contributed by atoms with E-state index in [0.717, 1.165) is 6.07 Å². The van der Waals surface area contributed by atoms with Crippen LogP contribution in [-0.4, -0.2) is 42.1 Å². The summed E-state index contributed by atoms with van der Waals surface area (Å²) in [6.45, 7) is 4.46. The smallest absolute Gasteiger partial charge is 0.418 e.